The van der Waals surface area contributed by atoms with Gasteiger partial charge in [0.05, 0.1) is 48.8 Å². The molecule has 13 nitrogen and oxygen atoms in total. The largest absolute Gasteiger partial charge is 0.391 e. The van der Waals surface area contributed by atoms with Crippen molar-refractivity contribution < 1.29 is 38.6 Å². The minimum atomic E-state index is -1.06. The molecule has 4 N–H and O–H groups in total. The number of ether oxygens (including phenoxy) is 2. The van der Waals surface area contributed by atoms with E-state index < -0.39 is 60.3 Å². The topological polar surface area (TPSA) is 167 Å². The lowest BCUT2D eigenvalue weighted by molar-refractivity contribution is -0.148. The lowest BCUT2D eigenvalue weighted by atomic mass is 9.89. The van der Waals surface area contributed by atoms with Gasteiger partial charge in [-0.25, -0.2) is 0 Å². The fourth-order valence-corrected chi connectivity index (χ4v) is 6.90. The highest BCUT2D eigenvalue weighted by Gasteiger charge is 2.43. The number of rotatable bonds is 20. The van der Waals surface area contributed by atoms with Crippen molar-refractivity contribution in [3.8, 4) is 0 Å². The Hall–Kier alpha value is -2.61. The van der Waals surface area contributed by atoms with Crippen molar-refractivity contribution in [2.45, 2.75) is 137 Å². The second-order valence-electron chi connectivity index (χ2n) is 14.2. The van der Waals surface area contributed by atoms with E-state index in [9.17, 15) is 29.1 Å². The van der Waals surface area contributed by atoms with Crippen LogP contribution in [0.25, 0.3) is 0 Å². The zero-order chi connectivity index (χ0) is 37.0. The molecule has 1 heterocycles. The van der Waals surface area contributed by atoms with E-state index in [2.05, 4.69) is 16.0 Å². The maximum atomic E-state index is 14.1. The first-order valence-electron chi connectivity index (χ1n) is 17.5. The highest BCUT2D eigenvalue weighted by atomic mass is 16.5. The monoisotopic (exact) mass is 683 g/mol. The molecule has 0 bridgehead atoms. The standard InChI is InChI=1S/C35H65N5O8/c1-14-21(6)31(39(11)35(46)29(20(4)5)37-34(45)28(36-10)19(2)3)26(47-12)18-27(43)40-17-15-16-25(40)32(48-13)22(7)33(44)38-30(23(8)41)24(9)42/h19-23,25-26,28-32,36,41H,14-18H2,1-13H3,(H,37,45)(H,38,44)/t21-,22+,23?,25-,26+,28-,29-,30-,31-,32?/m0/s1. The number of likely N-dealkylation sites (N-methyl/N-ethyl adjacent to an activating group) is 2. The Morgan fingerprint density at radius 2 is 1.46 bits per heavy atom. The molecule has 0 aliphatic carbocycles. The van der Waals surface area contributed by atoms with Crippen molar-refractivity contribution in [2.75, 3.05) is 34.9 Å². The van der Waals surface area contributed by atoms with Gasteiger partial charge in [-0.3, -0.25) is 24.0 Å². The summed E-state index contributed by atoms with van der Waals surface area (Å²) in [6, 6.07) is -3.13. The van der Waals surface area contributed by atoms with Gasteiger partial charge in [-0.2, -0.15) is 0 Å². The van der Waals surface area contributed by atoms with Crippen LogP contribution < -0.4 is 16.0 Å². The number of ketones is 1. The molecule has 2 unspecified atom stereocenters. The van der Waals surface area contributed by atoms with Crippen LogP contribution in [0.2, 0.25) is 0 Å². The van der Waals surface area contributed by atoms with Crippen LogP contribution in [-0.4, -0.2) is 128 Å². The minimum absolute atomic E-state index is 0.00103. The number of carbonyl (C=O) groups is 5. The van der Waals surface area contributed by atoms with Crippen LogP contribution in [0.3, 0.4) is 0 Å². The van der Waals surface area contributed by atoms with E-state index in [0.29, 0.717) is 13.0 Å². The molecule has 48 heavy (non-hydrogen) atoms. The molecule has 10 atom stereocenters. The first kappa shape index (κ1) is 43.4. The molecule has 0 aromatic rings. The average Bonchev–Trinajstić information content (AvgIpc) is 3.50. The number of Topliss-reactive ketones (excluding diaryl/α,β-unsaturated/α-hetero) is 1. The maximum Gasteiger partial charge on any atom is 0.245 e. The summed E-state index contributed by atoms with van der Waals surface area (Å²) < 4.78 is 11.8. The number of nitrogens with one attached hydrogen (secondary N) is 3. The van der Waals surface area contributed by atoms with Gasteiger partial charge in [0.1, 0.15) is 12.1 Å². The number of amides is 4. The molecule has 1 rings (SSSR count). The first-order valence-corrected chi connectivity index (χ1v) is 17.5. The number of methoxy groups -OCH3 is 2. The van der Waals surface area contributed by atoms with Crippen LogP contribution >= 0.6 is 0 Å². The molecule has 13 heteroatoms. The van der Waals surface area contributed by atoms with Gasteiger partial charge in [0.15, 0.2) is 5.78 Å². The number of aliphatic hydroxyl groups excluding tert-OH is 1. The number of hydrogen-bond donors (Lipinski definition) is 4. The summed E-state index contributed by atoms with van der Waals surface area (Å²) in [5, 5.41) is 18.6. The lowest BCUT2D eigenvalue weighted by Crippen LogP contribution is -2.59. The number of aliphatic hydroxyl groups is 1. The maximum absolute atomic E-state index is 14.1. The summed E-state index contributed by atoms with van der Waals surface area (Å²) in [4.78, 5) is 69.7. The quantitative estimate of drug-likeness (QED) is 0.150. The van der Waals surface area contributed by atoms with E-state index >= 15 is 0 Å². The van der Waals surface area contributed by atoms with E-state index in [1.54, 1.807) is 30.8 Å². The Bertz CT molecular complexity index is 1070. The van der Waals surface area contributed by atoms with Crippen molar-refractivity contribution in [2.24, 2.45) is 23.7 Å². The molecule has 0 aromatic carbocycles. The molecule has 0 saturated carbocycles. The molecular weight excluding hydrogens is 618 g/mol. The summed E-state index contributed by atoms with van der Waals surface area (Å²) in [7, 11) is 6.45. The highest BCUT2D eigenvalue weighted by Crippen LogP contribution is 2.29. The zero-order valence-corrected chi connectivity index (χ0v) is 31.7. The van der Waals surface area contributed by atoms with E-state index in [1.165, 1.54) is 28.1 Å². The Morgan fingerprint density at radius 3 is 1.90 bits per heavy atom. The van der Waals surface area contributed by atoms with Crippen LogP contribution in [0, 0.1) is 23.7 Å². The third-order valence-electron chi connectivity index (χ3n) is 9.97. The summed E-state index contributed by atoms with van der Waals surface area (Å²) in [5.41, 5.74) is 0. The molecule has 1 saturated heterocycles. The van der Waals surface area contributed by atoms with Gasteiger partial charge in [0.25, 0.3) is 0 Å². The fraction of sp³-hybridized carbons (Fsp3) is 0.857. The number of nitrogens with zero attached hydrogens (tertiary/aromatic N) is 2. The summed E-state index contributed by atoms with van der Waals surface area (Å²) in [5.74, 6) is -2.40. The average molecular weight is 684 g/mol. The molecule has 278 valence electrons. The predicted octanol–water partition coefficient (Wildman–Crippen LogP) is 1.75. The number of carbonyl (C=O) groups excluding carboxylic acids is 5. The third kappa shape index (κ3) is 11.2. The fourth-order valence-electron chi connectivity index (χ4n) is 6.90. The van der Waals surface area contributed by atoms with Gasteiger partial charge < -0.3 is 40.3 Å². The van der Waals surface area contributed by atoms with Crippen LogP contribution in [0.5, 0.6) is 0 Å². The van der Waals surface area contributed by atoms with Gasteiger partial charge >= 0.3 is 0 Å². The summed E-state index contributed by atoms with van der Waals surface area (Å²) in [6.45, 7) is 16.6. The molecule has 4 amide bonds. The molecule has 1 aliphatic rings. The first-order chi connectivity index (χ1) is 22.4. The lowest BCUT2D eigenvalue weighted by Gasteiger charge is -2.41. The third-order valence-corrected chi connectivity index (χ3v) is 9.97. The van der Waals surface area contributed by atoms with Gasteiger partial charge in [0, 0.05) is 27.8 Å². The highest BCUT2D eigenvalue weighted by molar-refractivity contribution is 5.90. The minimum Gasteiger partial charge on any atom is -0.391 e. The van der Waals surface area contributed by atoms with Crippen molar-refractivity contribution in [3.05, 3.63) is 0 Å². The molecule has 1 aliphatic heterocycles. The second-order valence-corrected chi connectivity index (χ2v) is 14.2. The normalized spacial score (nSPS) is 20.7. The van der Waals surface area contributed by atoms with Crippen molar-refractivity contribution in [3.63, 3.8) is 0 Å². The molecule has 0 aromatic heterocycles. The van der Waals surface area contributed by atoms with E-state index in [0.717, 1.165) is 12.8 Å². The van der Waals surface area contributed by atoms with Crippen LogP contribution in [0.15, 0.2) is 0 Å². The van der Waals surface area contributed by atoms with E-state index in [1.807, 2.05) is 41.5 Å². The Balaban J connectivity index is 3.26. The second kappa shape index (κ2) is 20.2. The summed E-state index contributed by atoms with van der Waals surface area (Å²) >= 11 is 0. The zero-order valence-electron chi connectivity index (χ0n) is 31.7. The molecular formula is C35H65N5O8. The Morgan fingerprint density at radius 1 is 0.896 bits per heavy atom. The van der Waals surface area contributed by atoms with Gasteiger partial charge in [0.2, 0.25) is 23.6 Å². The van der Waals surface area contributed by atoms with E-state index in [4.69, 9.17) is 9.47 Å². The number of likely N-dealkylation sites (tertiary alicyclic amines) is 1. The number of hydrogen-bond acceptors (Lipinski definition) is 9. The van der Waals surface area contributed by atoms with Crippen LogP contribution in [-0.2, 0) is 33.4 Å². The van der Waals surface area contributed by atoms with Crippen molar-refractivity contribution >= 4 is 29.4 Å². The van der Waals surface area contributed by atoms with Gasteiger partial charge in [-0.05, 0) is 51.5 Å². The predicted molar refractivity (Wildman–Crippen MR) is 185 cm³/mol. The van der Waals surface area contributed by atoms with Gasteiger partial charge in [-0.1, -0.05) is 54.9 Å². The molecule has 1 fully saturated rings. The van der Waals surface area contributed by atoms with Gasteiger partial charge in [-0.15, -0.1) is 0 Å². The smallest absolute Gasteiger partial charge is 0.245 e. The van der Waals surface area contributed by atoms with Crippen LogP contribution in [0.4, 0.5) is 0 Å². The van der Waals surface area contributed by atoms with E-state index in [-0.39, 0.29) is 47.7 Å². The molecule has 0 spiro atoms. The SMILES string of the molecule is CC[C@H](C)[C@@H]([C@@H](CC(=O)N1CCC[C@H]1C(OC)[C@@H](C)C(=O)N[C@H](C(C)=O)C(C)O)OC)N(C)C(=O)[C@@H](NC(=O)[C@@H](NC)C(C)C)C(C)C. The van der Waals surface area contributed by atoms with Crippen LogP contribution in [0.1, 0.15) is 88.0 Å². The molecule has 0 radical (unpaired) electrons. The Kier molecular flexibility index (Phi) is 18.2. The Labute approximate surface area is 288 Å². The van der Waals surface area contributed by atoms with Crippen molar-refractivity contribution in [1.29, 1.82) is 0 Å². The van der Waals surface area contributed by atoms with Crippen molar-refractivity contribution in [1.82, 2.24) is 25.8 Å². The summed E-state index contributed by atoms with van der Waals surface area (Å²) in [6.07, 6.45) is -0.289.